The molecule has 0 saturated heterocycles. The molecule has 1 heterocycles. The molecule has 7 nitrogen and oxygen atoms in total. The normalized spacial score (nSPS) is 13.1. The second kappa shape index (κ2) is 9.12. The van der Waals surface area contributed by atoms with Crippen LogP contribution in [0.3, 0.4) is 0 Å². The number of phenolic OH excluding ortho intramolecular Hbond substituents is 1. The van der Waals surface area contributed by atoms with Gasteiger partial charge in [-0.3, -0.25) is 0 Å². The number of hydrogen-bond acceptors (Lipinski definition) is 6. The van der Waals surface area contributed by atoms with Crippen LogP contribution in [0.1, 0.15) is 66.5 Å². The van der Waals surface area contributed by atoms with E-state index in [1.54, 1.807) is 26.0 Å². The second-order valence-electron chi connectivity index (χ2n) is 10.8. The molecule has 0 aliphatic carbocycles. The Kier molecular flexibility index (Phi) is 6.78. The zero-order valence-electron chi connectivity index (χ0n) is 21.4. The molecular weight excluding hydrogens is 430 g/mol. The minimum Gasteiger partial charge on any atom is -0.505 e. The van der Waals surface area contributed by atoms with Gasteiger partial charge in [0.25, 0.3) is 0 Å². The predicted molar refractivity (Wildman–Crippen MR) is 134 cm³/mol. The van der Waals surface area contributed by atoms with Crippen LogP contribution in [0.4, 0.5) is 0 Å². The maximum Gasteiger partial charge on any atom is 0.333 e. The van der Waals surface area contributed by atoms with Crippen molar-refractivity contribution in [2.45, 2.75) is 72.3 Å². The Morgan fingerprint density at radius 2 is 1.74 bits per heavy atom. The van der Waals surface area contributed by atoms with Crippen molar-refractivity contribution in [3.8, 4) is 17.2 Å². The molecule has 0 spiro atoms. The molecule has 3 aromatic rings. The topological polar surface area (TPSA) is 86.5 Å². The van der Waals surface area contributed by atoms with Crippen molar-refractivity contribution in [1.82, 2.24) is 15.0 Å². The van der Waals surface area contributed by atoms with E-state index < -0.39 is 12.1 Å². The molecule has 7 heteroatoms. The lowest BCUT2D eigenvalue weighted by molar-refractivity contribution is -0.144. The summed E-state index contributed by atoms with van der Waals surface area (Å²) in [7, 11) is 0. The highest BCUT2D eigenvalue weighted by atomic mass is 16.6. The van der Waals surface area contributed by atoms with E-state index in [-0.39, 0.29) is 23.2 Å². The van der Waals surface area contributed by atoms with Gasteiger partial charge in [-0.05, 0) is 42.4 Å². The summed E-state index contributed by atoms with van der Waals surface area (Å²) < 4.78 is 11.3. The minimum absolute atomic E-state index is 0.0965. The van der Waals surface area contributed by atoms with Crippen molar-refractivity contribution in [3.05, 3.63) is 53.6 Å². The van der Waals surface area contributed by atoms with Crippen LogP contribution in [0.5, 0.6) is 11.5 Å². The summed E-state index contributed by atoms with van der Waals surface area (Å²) in [6.07, 6.45) is -0.473. The van der Waals surface area contributed by atoms with E-state index in [2.05, 4.69) is 38.5 Å². The molecule has 0 saturated carbocycles. The number of carbonyl (C=O) groups is 1. The van der Waals surface area contributed by atoms with Gasteiger partial charge in [-0.25, -0.2) is 4.79 Å². The lowest BCUT2D eigenvalue weighted by Gasteiger charge is -2.23. The third-order valence-electron chi connectivity index (χ3n) is 5.45. The molecule has 0 radical (unpaired) electrons. The fourth-order valence-electron chi connectivity index (χ4n) is 3.58. The van der Waals surface area contributed by atoms with Gasteiger partial charge in [0.1, 0.15) is 40.9 Å². The Labute approximate surface area is 201 Å². The lowest BCUT2D eigenvalue weighted by atomic mass is 9.86. The van der Waals surface area contributed by atoms with E-state index in [9.17, 15) is 9.90 Å². The summed E-state index contributed by atoms with van der Waals surface area (Å²) in [5, 5.41) is 20.6. The number of aromatic nitrogens is 3. The lowest BCUT2D eigenvalue weighted by Crippen LogP contribution is -2.22. The highest BCUT2D eigenvalue weighted by molar-refractivity contribution is 5.87. The first-order valence-corrected chi connectivity index (χ1v) is 11.4. The molecule has 2 aromatic carbocycles. The van der Waals surface area contributed by atoms with E-state index in [1.807, 2.05) is 32.9 Å². The SMILES string of the molecule is C=C(C)C(=O)OC(C)COc1cc(-n2nc3cccc(C(C)(C)C)c3n2)c(O)c(C(C)(C)C)c1. The number of hydrogen-bond donors (Lipinski definition) is 1. The number of benzene rings is 2. The highest BCUT2D eigenvalue weighted by Gasteiger charge is 2.25. The van der Waals surface area contributed by atoms with Crippen LogP contribution in [0.15, 0.2) is 42.5 Å². The number of rotatable bonds is 6. The van der Waals surface area contributed by atoms with Gasteiger partial charge in [-0.2, -0.15) is 0 Å². The average molecular weight is 466 g/mol. The molecule has 0 aliphatic heterocycles. The van der Waals surface area contributed by atoms with Gasteiger partial charge in [-0.1, -0.05) is 60.3 Å². The fraction of sp³-hybridized carbons (Fsp3) is 0.444. The second-order valence-corrected chi connectivity index (χ2v) is 10.8. The van der Waals surface area contributed by atoms with Crippen LogP contribution >= 0.6 is 0 Å². The molecule has 0 aliphatic rings. The Morgan fingerprint density at radius 1 is 1.09 bits per heavy atom. The first-order valence-electron chi connectivity index (χ1n) is 11.4. The Balaban J connectivity index is 2.04. The molecule has 1 unspecified atom stereocenters. The third kappa shape index (κ3) is 5.41. The Morgan fingerprint density at radius 3 is 2.32 bits per heavy atom. The zero-order valence-corrected chi connectivity index (χ0v) is 21.4. The number of aromatic hydroxyl groups is 1. The maximum atomic E-state index is 11.8. The van der Waals surface area contributed by atoms with E-state index in [4.69, 9.17) is 14.6 Å². The van der Waals surface area contributed by atoms with Crippen LogP contribution < -0.4 is 4.74 Å². The van der Waals surface area contributed by atoms with Gasteiger partial charge in [0, 0.05) is 17.2 Å². The molecule has 182 valence electrons. The van der Waals surface area contributed by atoms with Gasteiger partial charge in [0.15, 0.2) is 0 Å². The standard InChI is InChI=1S/C27H35N3O4/c1-16(2)25(32)34-17(3)15-33-18-13-20(27(7,8)9)24(31)22(14-18)30-28-21-12-10-11-19(23(21)29-30)26(4,5)6/h10-14,17,31H,1,15H2,2-9H3. The van der Waals surface area contributed by atoms with Crippen LogP contribution in [0.25, 0.3) is 16.7 Å². The maximum absolute atomic E-state index is 11.8. The Hall–Kier alpha value is -3.35. The van der Waals surface area contributed by atoms with Crippen molar-refractivity contribution in [2.75, 3.05) is 6.61 Å². The van der Waals surface area contributed by atoms with Crippen LogP contribution in [-0.2, 0) is 20.4 Å². The van der Waals surface area contributed by atoms with E-state index in [0.29, 0.717) is 22.6 Å². The van der Waals surface area contributed by atoms with Gasteiger partial charge in [0.2, 0.25) is 0 Å². The molecule has 3 rings (SSSR count). The molecule has 0 amide bonds. The molecule has 34 heavy (non-hydrogen) atoms. The van der Waals surface area contributed by atoms with Crippen molar-refractivity contribution >= 4 is 17.0 Å². The molecule has 0 bridgehead atoms. The fourth-order valence-corrected chi connectivity index (χ4v) is 3.58. The average Bonchev–Trinajstić information content (AvgIpc) is 3.15. The highest BCUT2D eigenvalue weighted by Crippen LogP contribution is 2.39. The molecule has 1 aromatic heterocycles. The van der Waals surface area contributed by atoms with Gasteiger partial charge in [-0.15, -0.1) is 15.0 Å². The smallest absolute Gasteiger partial charge is 0.333 e. The Bertz CT molecular complexity index is 1230. The van der Waals surface area contributed by atoms with Crippen LogP contribution in [0.2, 0.25) is 0 Å². The number of carbonyl (C=O) groups excluding carboxylic acids is 1. The number of nitrogens with zero attached hydrogens (tertiary/aromatic N) is 3. The zero-order chi connectivity index (χ0) is 25.4. The van der Waals surface area contributed by atoms with Crippen molar-refractivity contribution in [2.24, 2.45) is 0 Å². The molecule has 0 fully saturated rings. The summed E-state index contributed by atoms with van der Waals surface area (Å²) in [5.41, 5.74) is 3.59. The number of fused-ring (bicyclic) bond motifs is 1. The van der Waals surface area contributed by atoms with Crippen molar-refractivity contribution < 1.29 is 19.4 Å². The first-order chi connectivity index (χ1) is 15.7. The predicted octanol–water partition coefficient (Wildman–Crippen LogP) is 5.61. The summed E-state index contributed by atoms with van der Waals surface area (Å²) >= 11 is 0. The van der Waals surface area contributed by atoms with E-state index >= 15 is 0 Å². The van der Waals surface area contributed by atoms with Crippen molar-refractivity contribution in [3.63, 3.8) is 0 Å². The molecule has 1 atom stereocenters. The minimum atomic E-state index is -0.473. The largest absolute Gasteiger partial charge is 0.505 e. The van der Waals surface area contributed by atoms with Crippen LogP contribution in [0, 0.1) is 0 Å². The first kappa shape index (κ1) is 25.3. The van der Waals surface area contributed by atoms with E-state index in [1.165, 1.54) is 4.80 Å². The van der Waals surface area contributed by atoms with Gasteiger partial charge in [0.05, 0.1) is 0 Å². The number of phenols is 1. The van der Waals surface area contributed by atoms with Gasteiger partial charge < -0.3 is 14.6 Å². The summed E-state index contributed by atoms with van der Waals surface area (Å²) in [6.45, 7) is 19.5. The summed E-state index contributed by atoms with van der Waals surface area (Å²) in [6, 6.07) is 9.43. The van der Waals surface area contributed by atoms with Crippen molar-refractivity contribution in [1.29, 1.82) is 0 Å². The van der Waals surface area contributed by atoms with Crippen LogP contribution in [-0.4, -0.2) is 38.8 Å². The third-order valence-corrected chi connectivity index (χ3v) is 5.45. The molecular formula is C27H35N3O4. The number of ether oxygens (including phenoxy) is 2. The number of esters is 1. The molecule has 1 N–H and O–H groups in total. The van der Waals surface area contributed by atoms with Gasteiger partial charge >= 0.3 is 5.97 Å². The van der Waals surface area contributed by atoms with E-state index in [0.717, 1.165) is 16.6 Å². The monoisotopic (exact) mass is 465 g/mol. The quantitative estimate of drug-likeness (QED) is 0.376. The summed E-state index contributed by atoms with van der Waals surface area (Å²) in [4.78, 5) is 13.2. The summed E-state index contributed by atoms with van der Waals surface area (Å²) in [5.74, 6) is 0.160.